The Morgan fingerprint density at radius 1 is 1.38 bits per heavy atom. The number of aliphatic carboxylic acids is 1. The van der Waals surface area contributed by atoms with Crippen LogP contribution in [-0.2, 0) is 4.79 Å². The van der Waals surface area contributed by atoms with Crippen LogP contribution in [-0.4, -0.2) is 71.7 Å². The summed E-state index contributed by atoms with van der Waals surface area (Å²) in [5, 5.41) is 12.2. The van der Waals surface area contributed by atoms with E-state index in [1.807, 2.05) is 0 Å². The minimum Gasteiger partial charge on any atom is -0.480 e. The summed E-state index contributed by atoms with van der Waals surface area (Å²) < 4.78 is 0. The van der Waals surface area contributed by atoms with E-state index in [2.05, 4.69) is 22.0 Å². The maximum Gasteiger partial charge on any atom is 0.323 e. The van der Waals surface area contributed by atoms with Crippen molar-refractivity contribution >= 4 is 5.97 Å². The molecule has 2 aliphatic rings. The fraction of sp³-hybridized carbons (Fsp3) is 0.938. The van der Waals surface area contributed by atoms with E-state index in [0.29, 0.717) is 12.5 Å². The highest BCUT2D eigenvalue weighted by molar-refractivity contribution is 5.78. The molecule has 0 saturated carbocycles. The lowest BCUT2D eigenvalue weighted by molar-refractivity contribution is -0.144. The predicted molar refractivity (Wildman–Crippen MR) is 84.6 cm³/mol. The SMILES string of the molecule is CNC(C)(CCCN1CC2CCCCN2CC1C)C(=O)O. The molecule has 21 heavy (non-hydrogen) atoms. The molecule has 2 heterocycles. The molecular weight excluding hydrogens is 266 g/mol. The number of carboxylic acid groups (broad SMARTS) is 1. The summed E-state index contributed by atoms with van der Waals surface area (Å²) in [5.41, 5.74) is -0.796. The third-order valence-corrected chi connectivity index (χ3v) is 5.46. The van der Waals surface area contributed by atoms with Gasteiger partial charge in [-0.05, 0) is 59.7 Å². The van der Waals surface area contributed by atoms with Gasteiger partial charge in [-0.2, -0.15) is 0 Å². The number of nitrogens with zero attached hydrogens (tertiary/aromatic N) is 2. The first-order chi connectivity index (χ1) is 9.96. The largest absolute Gasteiger partial charge is 0.480 e. The highest BCUT2D eigenvalue weighted by Gasteiger charge is 2.34. The lowest BCUT2D eigenvalue weighted by atomic mass is 9.94. The zero-order valence-corrected chi connectivity index (χ0v) is 13.8. The van der Waals surface area contributed by atoms with Crippen LogP contribution in [0.2, 0.25) is 0 Å². The summed E-state index contributed by atoms with van der Waals surface area (Å²) in [5.74, 6) is -0.754. The predicted octanol–water partition coefficient (Wildman–Crippen LogP) is 1.39. The molecule has 0 aromatic rings. The molecule has 0 radical (unpaired) electrons. The van der Waals surface area contributed by atoms with E-state index in [1.165, 1.54) is 32.4 Å². The molecule has 0 aromatic heterocycles. The topological polar surface area (TPSA) is 55.8 Å². The maximum absolute atomic E-state index is 11.3. The van der Waals surface area contributed by atoms with Crippen LogP contribution in [0.25, 0.3) is 0 Å². The fourth-order valence-corrected chi connectivity index (χ4v) is 3.70. The van der Waals surface area contributed by atoms with Crippen molar-refractivity contribution < 1.29 is 9.90 Å². The van der Waals surface area contributed by atoms with Crippen molar-refractivity contribution in [1.82, 2.24) is 15.1 Å². The van der Waals surface area contributed by atoms with Crippen molar-refractivity contribution in [3.05, 3.63) is 0 Å². The van der Waals surface area contributed by atoms with Crippen LogP contribution >= 0.6 is 0 Å². The first kappa shape index (κ1) is 16.7. The number of hydrogen-bond donors (Lipinski definition) is 2. The van der Waals surface area contributed by atoms with E-state index in [-0.39, 0.29) is 0 Å². The normalized spacial score (nSPS) is 30.6. The van der Waals surface area contributed by atoms with Crippen LogP contribution in [0.3, 0.4) is 0 Å². The van der Waals surface area contributed by atoms with Gasteiger partial charge >= 0.3 is 5.97 Å². The number of likely N-dealkylation sites (N-methyl/N-ethyl adjacent to an activating group) is 1. The van der Waals surface area contributed by atoms with E-state index < -0.39 is 11.5 Å². The molecule has 2 N–H and O–H groups in total. The number of rotatable bonds is 6. The van der Waals surface area contributed by atoms with Crippen molar-refractivity contribution in [3.8, 4) is 0 Å². The lowest BCUT2D eigenvalue weighted by Gasteiger charge is -2.47. The second-order valence-electron chi connectivity index (χ2n) is 6.98. The number of piperazine rings is 1. The van der Waals surface area contributed by atoms with Gasteiger partial charge in [0, 0.05) is 25.2 Å². The van der Waals surface area contributed by atoms with Crippen molar-refractivity contribution in [3.63, 3.8) is 0 Å². The average Bonchev–Trinajstić information content (AvgIpc) is 2.47. The Labute approximate surface area is 128 Å². The van der Waals surface area contributed by atoms with Gasteiger partial charge in [-0.3, -0.25) is 14.6 Å². The molecule has 5 nitrogen and oxygen atoms in total. The van der Waals surface area contributed by atoms with Crippen molar-refractivity contribution in [2.24, 2.45) is 0 Å². The Kier molecular flexibility index (Phi) is 5.63. The Bertz CT molecular complexity index is 363. The van der Waals surface area contributed by atoms with Gasteiger partial charge in [-0.15, -0.1) is 0 Å². The van der Waals surface area contributed by atoms with Crippen molar-refractivity contribution in [2.45, 2.75) is 63.6 Å². The number of nitrogens with one attached hydrogen (secondary N) is 1. The quantitative estimate of drug-likeness (QED) is 0.776. The highest BCUT2D eigenvalue weighted by Crippen LogP contribution is 2.24. The highest BCUT2D eigenvalue weighted by atomic mass is 16.4. The Morgan fingerprint density at radius 2 is 2.14 bits per heavy atom. The third-order valence-electron chi connectivity index (χ3n) is 5.46. The maximum atomic E-state index is 11.3. The van der Waals surface area contributed by atoms with Crippen LogP contribution in [0.4, 0.5) is 0 Å². The number of piperidine rings is 1. The molecule has 0 aromatic carbocycles. The van der Waals surface area contributed by atoms with Gasteiger partial charge in [0.2, 0.25) is 0 Å². The van der Waals surface area contributed by atoms with Crippen molar-refractivity contribution in [2.75, 3.05) is 33.2 Å². The van der Waals surface area contributed by atoms with E-state index in [4.69, 9.17) is 0 Å². The van der Waals surface area contributed by atoms with Crippen LogP contribution in [0.1, 0.15) is 46.0 Å². The summed E-state index contributed by atoms with van der Waals surface area (Å²) >= 11 is 0. The smallest absolute Gasteiger partial charge is 0.323 e. The molecule has 2 rings (SSSR count). The fourth-order valence-electron chi connectivity index (χ4n) is 3.70. The summed E-state index contributed by atoms with van der Waals surface area (Å²) in [6, 6.07) is 1.31. The molecule has 2 aliphatic heterocycles. The summed E-state index contributed by atoms with van der Waals surface area (Å²) in [7, 11) is 1.73. The number of carbonyl (C=O) groups is 1. The lowest BCUT2D eigenvalue weighted by Crippen LogP contribution is -2.58. The van der Waals surface area contributed by atoms with Gasteiger partial charge in [0.1, 0.15) is 5.54 Å². The summed E-state index contributed by atoms with van der Waals surface area (Å²) in [6.45, 7) is 8.68. The van der Waals surface area contributed by atoms with Gasteiger partial charge in [-0.25, -0.2) is 0 Å². The number of carboxylic acids is 1. The second-order valence-corrected chi connectivity index (χ2v) is 6.98. The second kappa shape index (κ2) is 7.07. The molecule has 0 amide bonds. The number of fused-ring (bicyclic) bond motifs is 1. The van der Waals surface area contributed by atoms with Crippen LogP contribution < -0.4 is 5.32 Å². The van der Waals surface area contributed by atoms with Gasteiger partial charge in [0.05, 0.1) is 0 Å². The standard InChI is InChI=1S/C16H31N3O2/c1-13-11-19-9-5-4-7-14(19)12-18(13)10-6-8-16(2,17-3)15(20)21/h13-14,17H,4-12H2,1-3H3,(H,20,21). The average molecular weight is 297 g/mol. The molecule has 0 aliphatic carbocycles. The first-order valence-electron chi connectivity index (χ1n) is 8.36. The van der Waals surface area contributed by atoms with Gasteiger partial charge in [0.25, 0.3) is 0 Å². The van der Waals surface area contributed by atoms with Gasteiger partial charge < -0.3 is 10.4 Å². The Balaban J connectivity index is 1.81. The first-order valence-corrected chi connectivity index (χ1v) is 8.36. The molecule has 3 atom stereocenters. The molecule has 0 spiro atoms. The number of hydrogen-bond acceptors (Lipinski definition) is 4. The van der Waals surface area contributed by atoms with Crippen LogP contribution in [0.15, 0.2) is 0 Å². The molecule has 122 valence electrons. The summed E-state index contributed by atoms with van der Waals surface area (Å²) in [6.07, 6.45) is 5.65. The van der Waals surface area contributed by atoms with E-state index in [1.54, 1.807) is 14.0 Å². The monoisotopic (exact) mass is 297 g/mol. The van der Waals surface area contributed by atoms with Crippen LogP contribution in [0.5, 0.6) is 0 Å². The Hall–Kier alpha value is -0.650. The molecule has 0 bridgehead atoms. The van der Waals surface area contributed by atoms with E-state index >= 15 is 0 Å². The Morgan fingerprint density at radius 3 is 2.81 bits per heavy atom. The van der Waals surface area contributed by atoms with Gasteiger partial charge in [-0.1, -0.05) is 6.42 Å². The third kappa shape index (κ3) is 3.96. The van der Waals surface area contributed by atoms with Crippen molar-refractivity contribution in [1.29, 1.82) is 0 Å². The van der Waals surface area contributed by atoms with E-state index in [9.17, 15) is 9.90 Å². The minimum absolute atomic E-state index is 0.588. The zero-order valence-electron chi connectivity index (χ0n) is 13.8. The molecule has 3 unspecified atom stereocenters. The van der Waals surface area contributed by atoms with Crippen LogP contribution in [0, 0.1) is 0 Å². The molecular formula is C16H31N3O2. The molecule has 2 saturated heterocycles. The molecule has 5 heteroatoms. The van der Waals surface area contributed by atoms with E-state index in [0.717, 1.165) is 25.6 Å². The summed E-state index contributed by atoms with van der Waals surface area (Å²) in [4.78, 5) is 16.5. The van der Waals surface area contributed by atoms with Gasteiger partial charge in [0.15, 0.2) is 0 Å². The molecule has 2 fully saturated rings. The minimum atomic E-state index is -0.796. The zero-order chi connectivity index (χ0) is 15.5.